The van der Waals surface area contributed by atoms with E-state index >= 15 is 0 Å². The average molecular weight is 694 g/mol. The first-order valence-corrected chi connectivity index (χ1v) is 18.7. The molecule has 1 aliphatic heterocycles. The van der Waals surface area contributed by atoms with Crippen molar-refractivity contribution in [1.29, 1.82) is 0 Å². The van der Waals surface area contributed by atoms with E-state index in [-0.39, 0.29) is 0 Å². The summed E-state index contributed by atoms with van der Waals surface area (Å²) >= 11 is 8.93. The highest BCUT2D eigenvalue weighted by Gasteiger charge is 2.23. The molecule has 2 heterocycles. The molecule has 0 fully saturated rings. The Balaban J connectivity index is 1.07. The predicted octanol–water partition coefficient (Wildman–Crippen LogP) is 10.1. The van der Waals surface area contributed by atoms with Crippen LogP contribution >= 0.6 is 34.7 Å². The smallest absolute Gasteiger partial charge is 0.262 e. The first-order valence-electron chi connectivity index (χ1n) is 15.6. The lowest BCUT2D eigenvalue weighted by Crippen LogP contribution is -2.29. The van der Waals surface area contributed by atoms with Gasteiger partial charge in [-0.25, -0.2) is 4.21 Å². The third-order valence-electron chi connectivity index (χ3n) is 8.44. The molecule has 47 heavy (non-hydrogen) atoms. The number of para-hydroxylation sites is 1. The van der Waals surface area contributed by atoms with E-state index in [0.29, 0.717) is 10.6 Å². The maximum atomic E-state index is 12.9. The number of rotatable bonds is 8. The molecule has 1 atom stereocenters. The zero-order valence-corrected chi connectivity index (χ0v) is 29.4. The van der Waals surface area contributed by atoms with Crippen LogP contribution in [0.15, 0.2) is 146 Å². The molecule has 0 spiro atoms. The molecule has 0 N–H and O–H groups in total. The summed E-state index contributed by atoms with van der Waals surface area (Å²) in [6, 6.07) is 32.5. The van der Waals surface area contributed by atoms with Crippen molar-refractivity contribution in [3.63, 3.8) is 0 Å². The molecule has 0 radical (unpaired) electrons. The van der Waals surface area contributed by atoms with Crippen LogP contribution in [0.5, 0.6) is 5.75 Å². The number of aromatic nitrogens is 1. The zero-order chi connectivity index (χ0) is 32.3. The predicted molar refractivity (Wildman–Crippen MR) is 198 cm³/mol. The van der Waals surface area contributed by atoms with Gasteiger partial charge in [-0.05, 0) is 90.4 Å². The van der Waals surface area contributed by atoms with Gasteiger partial charge in [0.25, 0.3) is 5.01 Å². The molecule has 4 nitrogen and oxygen atoms in total. The summed E-state index contributed by atoms with van der Waals surface area (Å²) in [5, 5.41) is 3.14. The number of hydrogen-bond donors (Lipinski definition) is 0. The van der Waals surface area contributed by atoms with Gasteiger partial charge in [0.1, 0.15) is 17.5 Å². The molecule has 4 aromatic carbocycles. The van der Waals surface area contributed by atoms with Crippen molar-refractivity contribution in [3.8, 4) is 5.75 Å². The Kier molecular flexibility index (Phi) is 9.50. The average Bonchev–Trinajstić information content (AvgIpc) is 3.59. The van der Waals surface area contributed by atoms with Crippen molar-refractivity contribution in [1.82, 2.24) is 0 Å². The second-order valence-corrected chi connectivity index (χ2v) is 15.2. The molecule has 1 aromatic heterocycles. The Labute approximate surface area is 292 Å². The highest BCUT2D eigenvalue weighted by molar-refractivity contribution is 8.03. The van der Waals surface area contributed by atoms with Crippen LogP contribution < -0.4 is 13.7 Å². The Morgan fingerprint density at radius 1 is 0.915 bits per heavy atom. The Hall–Kier alpha value is -3.88. The first kappa shape index (κ1) is 31.7. The van der Waals surface area contributed by atoms with Gasteiger partial charge < -0.3 is 9.08 Å². The van der Waals surface area contributed by atoms with Gasteiger partial charge >= 0.3 is 0 Å². The molecule has 0 amide bonds. The molecule has 0 bridgehead atoms. The van der Waals surface area contributed by atoms with Crippen LogP contribution in [0.3, 0.4) is 0 Å². The van der Waals surface area contributed by atoms with Gasteiger partial charge in [-0.1, -0.05) is 101 Å². The van der Waals surface area contributed by atoms with E-state index in [2.05, 4.69) is 89.3 Å². The number of thioether (sulfide) groups is 1. The van der Waals surface area contributed by atoms with Crippen LogP contribution in [0, 0.1) is 0 Å². The third-order valence-corrected chi connectivity index (χ3v) is 12.3. The molecule has 236 valence electrons. The minimum Gasteiger partial charge on any atom is -0.397 e. The maximum Gasteiger partial charge on any atom is 0.262 e. The summed E-state index contributed by atoms with van der Waals surface area (Å²) in [6.45, 7) is 0. The number of benzene rings is 4. The monoisotopic (exact) mass is 693 g/mol. The topological polar surface area (TPSA) is 33.4 Å². The number of hydrogen-bond acceptors (Lipinski definition) is 5. The van der Waals surface area contributed by atoms with Crippen molar-refractivity contribution >= 4 is 67.8 Å². The fourth-order valence-corrected chi connectivity index (χ4v) is 9.01. The van der Waals surface area contributed by atoms with E-state index < -0.39 is 11.1 Å². The lowest BCUT2D eigenvalue weighted by atomic mass is 9.94. The number of halogens is 1. The molecular formula is C39H34ClN2O2S3+. The summed E-state index contributed by atoms with van der Waals surface area (Å²) in [5.41, 5.74) is 7.23. The van der Waals surface area contributed by atoms with Crippen molar-refractivity contribution in [2.45, 2.75) is 35.5 Å². The quantitative estimate of drug-likeness (QED) is 0.152. The molecule has 1 unspecified atom stereocenters. The fourth-order valence-electron chi connectivity index (χ4n) is 5.86. The number of fused-ring (bicyclic) bond motifs is 2. The highest BCUT2D eigenvalue weighted by atomic mass is 35.5. The van der Waals surface area contributed by atoms with Crippen molar-refractivity contribution in [2.24, 2.45) is 7.05 Å². The molecule has 7 rings (SSSR count). The van der Waals surface area contributed by atoms with Crippen LogP contribution in [-0.2, 0) is 24.5 Å². The van der Waals surface area contributed by atoms with E-state index in [0.717, 1.165) is 51.5 Å². The molecule has 8 heteroatoms. The van der Waals surface area contributed by atoms with Crippen LogP contribution in [0.1, 0.15) is 35.4 Å². The van der Waals surface area contributed by atoms with E-state index in [9.17, 15) is 4.21 Å². The van der Waals surface area contributed by atoms with Crippen LogP contribution in [-0.4, -0.2) is 11.3 Å². The number of aryl methyl sites for hydroxylation is 1. The van der Waals surface area contributed by atoms with E-state index in [1.54, 1.807) is 35.2 Å². The molecule has 5 aromatic rings. The van der Waals surface area contributed by atoms with Gasteiger partial charge in [0, 0.05) is 29.1 Å². The summed E-state index contributed by atoms with van der Waals surface area (Å²) < 4.78 is 21.8. The lowest BCUT2D eigenvalue weighted by molar-refractivity contribution is -0.642. The van der Waals surface area contributed by atoms with Gasteiger partial charge in [-0.2, -0.15) is 4.57 Å². The van der Waals surface area contributed by atoms with Gasteiger partial charge in [0.05, 0.1) is 15.6 Å². The Morgan fingerprint density at radius 2 is 1.70 bits per heavy atom. The van der Waals surface area contributed by atoms with E-state index in [1.807, 2.05) is 43.4 Å². The van der Waals surface area contributed by atoms with Gasteiger partial charge in [-0.3, -0.25) is 0 Å². The number of nitrogens with zero attached hydrogens (tertiary/aromatic N) is 2. The highest BCUT2D eigenvalue weighted by Crippen LogP contribution is 2.46. The fraction of sp³-hybridized carbons (Fsp3) is 0.154. The largest absolute Gasteiger partial charge is 0.397 e. The van der Waals surface area contributed by atoms with Crippen molar-refractivity contribution in [3.05, 3.63) is 153 Å². The number of allylic oxidation sites excluding steroid dienone is 6. The molecule has 2 aliphatic rings. The Bertz CT molecular complexity index is 2100. The number of thiazole rings is 1. The molecule has 0 saturated carbocycles. The SMILES string of the molecule is CN1C(=CC=C2CCCC(C=Cc3sc4ccc(S(=O)Oc5ccccc5)cc4[n+]3C)=C2Cl)Sc2ccc(Cc3ccccc3)cc21. The van der Waals surface area contributed by atoms with Gasteiger partial charge in [-0.15, -0.1) is 0 Å². The number of anilines is 1. The standard InChI is InChI=1S/C39H34ClN2O2S3/c1-41-33-25-28(24-27-10-5-3-6-11-27)16-20-35(33)45-37(41)22-17-29-12-9-13-30(39(29)40)18-23-38-42(2)34-26-32(19-21-36(34)46-38)47(43)44-31-14-7-4-8-15-31/h3-8,10-11,14-23,25-26H,9,12-13,24H2,1-2H3/q+1. The first-order chi connectivity index (χ1) is 22.9. The van der Waals surface area contributed by atoms with Crippen LogP contribution in [0.4, 0.5) is 5.69 Å². The molecular weight excluding hydrogens is 660 g/mol. The molecule has 1 aliphatic carbocycles. The summed E-state index contributed by atoms with van der Waals surface area (Å²) in [7, 11) is 4.18. The maximum absolute atomic E-state index is 12.9. The van der Waals surface area contributed by atoms with Crippen molar-refractivity contribution in [2.75, 3.05) is 11.9 Å². The lowest BCUT2D eigenvalue weighted by Gasteiger charge is -2.17. The van der Waals surface area contributed by atoms with Gasteiger partial charge in [0.15, 0.2) is 0 Å². The normalized spacial score (nSPS) is 17.3. The van der Waals surface area contributed by atoms with Crippen LogP contribution in [0.25, 0.3) is 16.3 Å². The zero-order valence-electron chi connectivity index (χ0n) is 26.2. The Morgan fingerprint density at radius 3 is 2.51 bits per heavy atom. The summed E-state index contributed by atoms with van der Waals surface area (Å²) in [6.07, 6.45) is 12.6. The second-order valence-electron chi connectivity index (χ2n) is 11.6. The van der Waals surface area contributed by atoms with Gasteiger partial charge in [0.2, 0.25) is 16.6 Å². The molecule has 0 saturated heterocycles. The third kappa shape index (κ3) is 7.04. The summed E-state index contributed by atoms with van der Waals surface area (Å²) in [4.78, 5) is 4.19. The summed E-state index contributed by atoms with van der Waals surface area (Å²) in [5.74, 6) is 0.582. The minimum atomic E-state index is -1.60. The minimum absolute atomic E-state index is 0.582. The van der Waals surface area contributed by atoms with Crippen LogP contribution in [0.2, 0.25) is 0 Å². The second kappa shape index (κ2) is 14.1. The van der Waals surface area contributed by atoms with E-state index in [1.165, 1.54) is 32.3 Å². The van der Waals surface area contributed by atoms with E-state index in [4.69, 9.17) is 15.8 Å². The van der Waals surface area contributed by atoms with Crippen molar-refractivity contribution < 1.29 is 13.0 Å².